The molecule has 0 aromatic heterocycles. The predicted molar refractivity (Wildman–Crippen MR) is 61.5 cm³/mol. The molecule has 5 heteroatoms. The van der Waals surface area contributed by atoms with Gasteiger partial charge in [0.1, 0.15) is 6.42 Å². The van der Waals surface area contributed by atoms with Crippen LogP contribution in [0, 0.1) is 0 Å². The second-order valence-corrected chi connectivity index (χ2v) is 3.17. The molecule has 0 aliphatic carbocycles. The van der Waals surface area contributed by atoms with E-state index in [0.717, 1.165) is 5.69 Å². The molecule has 1 rings (SSSR count). The van der Waals surface area contributed by atoms with Crippen LogP contribution in [-0.4, -0.2) is 18.4 Å². The zero-order valence-corrected chi connectivity index (χ0v) is 9.12. The Morgan fingerprint density at radius 3 is 2.44 bits per heavy atom. The van der Waals surface area contributed by atoms with Gasteiger partial charge in [-0.05, 0) is 19.1 Å². The van der Waals surface area contributed by atoms with E-state index in [-0.39, 0.29) is 18.2 Å². The number of anilines is 1. The van der Waals surface area contributed by atoms with E-state index in [0.29, 0.717) is 6.54 Å². The maximum absolute atomic E-state index is 11.3. The summed E-state index contributed by atoms with van der Waals surface area (Å²) < 4.78 is 0. The highest BCUT2D eigenvalue weighted by Gasteiger charge is 2.07. The summed E-state index contributed by atoms with van der Waals surface area (Å²) in [6, 6.07) is 9.19. The Bertz CT molecular complexity index is 352. The Kier molecular flexibility index (Phi) is 4.85. The summed E-state index contributed by atoms with van der Waals surface area (Å²) >= 11 is 0. The number of para-hydroxylation sites is 1. The van der Waals surface area contributed by atoms with Crippen LogP contribution in [0.2, 0.25) is 0 Å². The maximum Gasteiger partial charge on any atom is 0.247 e. The van der Waals surface area contributed by atoms with Crippen LogP contribution < -0.4 is 16.2 Å². The third kappa shape index (κ3) is 4.45. The monoisotopic (exact) mass is 221 g/mol. The van der Waals surface area contributed by atoms with E-state index in [4.69, 9.17) is 0 Å². The van der Waals surface area contributed by atoms with Gasteiger partial charge >= 0.3 is 0 Å². The number of carbonyl (C=O) groups is 2. The highest BCUT2D eigenvalue weighted by atomic mass is 16.2. The summed E-state index contributed by atoms with van der Waals surface area (Å²) in [7, 11) is 0. The van der Waals surface area contributed by atoms with E-state index in [9.17, 15) is 9.59 Å². The second kappa shape index (κ2) is 6.44. The number of rotatable bonds is 5. The van der Waals surface area contributed by atoms with Crippen LogP contribution >= 0.6 is 0 Å². The van der Waals surface area contributed by atoms with Crippen LogP contribution in [0.5, 0.6) is 0 Å². The molecule has 0 fully saturated rings. The highest BCUT2D eigenvalue weighted by Crippen LogP contribution is 2.02. The lowest BCUT2D eigenvalue weighted by molar-refractivity contribution is -0.128. The first-order valence-electron chi connectivity index (χ1n) is 5.09. The second-order valence-electron chi connectivity index (χ2n) is 3.17. The zero-order chi connectivity index (χ0) is 11.8. The summed E-state index contributed by atoms with van der Waals surface area (Å²) in [4.78, 5) is 22.3. The molecule has 0 bridgehead atoms. The fourth-order valence-electron chi connectivity index (χ4n) is 1.11. The summed E-state index contributed by atoms with van der Waals surface area (Å²) in [5.74, 6) is -0.648. The fraction of sp³-hybridized carbons (Fsp3) is 0.273. The van der Waals surface area contributed by atoms with Crippen molar-refractivity contribution < 1.29 is 9.59 Å². The van der Waals surface area contributed by atoms with Gasteiger partial charge in [-0.1, -0.05) is 18.2 Å². The standard InChI is InChI=1S/C11H15N3O2/c1-2-12-10(15)8-11(16)14-13-9-6-4-3-5-7-9/h3-7,13H,2,8H2,1H3,(H,12,15)(H,14,16). The van der Waals surface area contributed by atoms with Crippen molar-refractivity contribution in [3.05, 3.63) is 30.3 Å². The van der Waals surface area contributed by atoms with Gasteiger partial charge in [-0.3, -0.25) is 20.4 Å². The van der Waals surface area contributed by atoms with Crippen molar-refractivity contribution in [2.75, 3.05) is 12.0 Å². The number of hydrogen-bond acceptors (Lipinski definition) is 3. The van der Waals surface area contributed by atoms with Gasteiger partial charge in [-0.15, -0.1) is 0 Å². The third-order valence-corrected chi connectivity index (χ3v) is 1.82. The number of hydrogen-bond donors (Lipinski definition) is 3. The minimum atomic E-state index is -0.366. The van der Waals surface area contributed by atoms with Crippen molar-refractivity contribution in [2.24, 2.45) is 0 Å². The first-order valence-corrected chi connectivity index (χ1v) is 5.09. The molecular weight excluding hydrogens is 206 g/mol. The van der Waals surface area contributed by atoms with Gasteiger partial charge in [0, 0.05) is 6.54 Å². The van der Waals surface area contributed by atoms with E-state index in [1.807, 2.05) is 30.3 Å². The van der Waals surface area contributed by atoms with Crippen molar-refractivity contribution in [2.45, 2.75) is 13.3 Å². The molecule has 0 unspecified atom stereocenters. The average molecular weight is 221 g/mol. The van der Waals surface area contributed by atoms with Crippen molar-refractivity contribution in [3.8, 4) is 0 Å². The Morgan fingerprint density at radius 2 is 1.81 bits per heavy atom. The summed E-state index contributed by atoms with van der Waals surface area (Å²) in [5.41, 5.74) is 5.92. The molecule has 1 aromatic rings. The third-order valence-electron chi connectivity index (χ3n) is 1.82. The van der Waals surface area contributed by atoms with Crippen LogP contribution in [0.1, 0.15) is 13.3 Å². The molecule has 2 amide bonds. The lowest BCUT2D eigenvalue weighted by Gasteiger charge is -2.07. The van der Waals surface area contributed by atoms with Gasteiger partial charge in [0.2, 0.25) is 11.8 Å². The van der Waals surface area contributed by atoms with Gasteiger partial charge in [-0.2, -0.15) is 0 Å². The van der Waals surface area contributed by atoms with Crippen LogP contribution in [0.25, 0.3) is 0 Å². The minimum absolute atomic E-state index is 0.173. The first-order chi connectivity index (χ1) is 7.72. The quantitative estimate of drug-likeness (QED) is 0.505. The number of nitrogens with one attached hydrogen (secondary N) is 3. The summed E-state index contributed by atoms with van der Waals surface area (Å²) in [6.07, 6.45) is -0.173. The van der Waals surface area contributed by atoms with Gasteiger partial charge in [0.15, 0.2) is 0 Å². The number of carbonyl (C=O) groups excluding carboxylic acids is 2. The van der Waals surface area contributed by atoms with Gasteiger partial charge in [0.25, 0.3) is 0 Å². The maximum atomic E-state index is 11.3. The summed E-state index contributed by atoms with van der Waals surface area (Å²) in [5, 5.41) is 2.55. The zero-order valence-electron chi connectivity index (χ0n) is 9.12. The number of amides is 2. The van der Waals surface area contributed by atoms with Crippen LogP contribution in [0.4, 0.5) is 5.69 Å². The lowest BCUT2D eigenvalue weighted by Crippen LogP contribution is -2.34. The largest absolute Gasteiger partial charge is 0.356 e. The van der Waals surface area contributed by atoms with E-state index in [2.05, 4.69) is 16.2 Å². The van der Waals surface area contributed by atoms with E-state index in [1.54, 1.807) is 6.92 Å². The van der Waals surface area contributed by atoms with Gasteiger partial charge in [0.05, 0.1) is 5.69 Å². The molecule has 1 aromatic carbocycles. The topological polar surface area (TPSA) is 70.2 Å². The first kappa shape index (κ1) is 12.0. The molecule has 3 N–H and O–H groups in total. The molecule has 16 heavy (non-hydrogen) atoms. The SMILES string of the molecule is CCNC(=O)CC(=O)NNc1ccccc1. The van der Waals surface area contributed by atoms with Gasteiger partial charge < -0.3 is 5.32 Å². The van der Waals surface area contributed by atoms with Crippen LogP contribution in [-0.2, 0) is 9.59 Å². The Labute approximate surface area is 94.2 Å². The van der Waals surface area contributed by atoms with E-state index < -0.39 is 0 Å². The molecule has 86 valence electrons. The molecular formula is C11H15N3O2. The molecule has 0 aliphatic rings. The van der Waals surface area contributed by atoms with Crippen molar-refractivity contribution in [1.29, 1.82) is 0 Å². The van der Waals surface area contributed by atoms with Crippen molar-refractivity contribution in [3.63, 3.8) is 0 Å². The molecule has 0 spiro atoms. The van der Waals surface area contributed by atoms with Crippen molar-refractivity contribution >= 4 is 17.5 Å². The highest BCUT2D eigenvalue weighted by molar-refractivity contribution is 5.97. The Balaban J connectivity index is 2.28. The molecule has 0 atom stereocenters. The smallest absolute Gasteiger partial charge is 0.247 e. The van der Waals surface area contributed by atoms with Gasteiger partial charge in [-0.25, -0.2) is 0 Å². The molecule has 5 nitrogen and oxygen atoms in total. The summed E-state index contributed by atoms with van der Waals surface area (Å²) in [6.45, 7) is 2.33. The fourth-order valence-corrected chi connectivity index (χ4v) is 1.11. The molecule has 0 heterocycles. The van der Waals surface area contributed by atoms with Crippen molar-refractivity contribution in [1.82, 2.24) is 10.7 Å². The van der Waals surface area contributed by atoms with Crippen LogP contribution in [0.15, 0.2) is 30.3 Å². The predicted octanol–water partition coefficient (Wildman–Crippen LogP) is 0.656. The molecule has 0 saturated carbocycles. The Morgan fingerprint density at radius 1 is 1.12 bits per heavy atom. The van der Waals surface area contributed by atoms with E-state index >= 15 is 0 Å². The molecule has 0 saturated heterocycles. The molecule has 0 radical (unpaired) electrons. The minimum Gasteiger partial charge on any atom is -0.356 e. The number of benzene rings is 1. The average Bonchev–Trinajstić information content (AvgIpc) is 2.28. The van der Waals surface area contributed by atoms with E-state index in [1.165, 1.54) is 0 Å². The number of hydrazine groups is 1. The molecule has 0 aliphatic heterocycles. The Hall–Kier alpha value is -2.04. The normalized spacial score (nSPS) is 9.31. The van der Waals surface area contributed by atoms with Crippen LogP contribution in [0.3, 0.4) is 0 Å². The lowest BCUT2D eigenvalue weighted by atomic mass is 10.3.